The van der Waals surface area contributed by atoms with Gasteiger partial charge in [0.05, 0.1) is 0 Å². The molecule has 0 unspecified atom stereocenters. The molecule has 4 rings (SSSR count). The number of carbonyl (C=O) groups is 2. The molecular formula is C32H32N2O5. The van der Waals surface area contributed by atoms with Crippen LogP contribution in [0.1, 0.15) is 22.3 Å². The first-order valence-electron chi connectivity index (χ1n) is 12.6. The van der Waals surface area contributed by atoms with Crippen LogP contribution < -0.4 is 24.8 Å². The summed E-state index contributed by atoms with van der Waals surface area (Å²) < 4.78 is 17.1. The fourth-order valence-corrected chi connectivity index (χ4v) is 4.07. The van der Waals surface area contributed by atoms with E-state index < -0.39 is 0 Å². The Morgan fingerprint density at radius 1 is 0.513 bits per heavy atom. The van der Waals surface area contributed by atoms with Crippen LogP contribution in [0.2, 0.25) is 0 Å². The van der Waals surface area contributed by atoms with Crippen molar-refractivity contribution in [3.05, 3.63) is 107 Å². The van der Waals surface area contributed by atoms with Crippen LogP contribution in [0.4, 0.5) is 11.4 Å². The van der Waals surface area contributed by atoms with Crippen LogP contribution in [0.25, 0.3) is 0 Å². The fourth-order valence-electron chi connectivity index (χ4n) is 4.07. The van der Waals surface area contributed by atoms with Crippen molar-refractivity contribution in [3.8, 4) is 23.0 Å². The Morgan fingerprint density at radius 3 is 1.18 bits per heavy atom. The lowest BCUT2D eigenvalue weighted by molar-refractivity contribution is -0.118. The molecule has 0 aliphatic heterocycles. The van der Waals surface area contributed by atoms with Crippen LogP contribution in [-0.4, -0.2) is 25.0 Å². The van der Waals surface area contributed by atoms with Gasteiger partial charge in [-0.15, -0.1) is 0 Å². The number of ether oxygens (including phenoxy) is 3. The van der Waals surface area contributed by atoms with E-state index in [1.807, 2.05) is 64.1 Å². The second kappa shape index (κ2) is 12.6. The molecule has 7 heteroatoms. The Kier molecular flexibility index (Phi) is 8.84. The van der Waals surface area contributed by atoms with E-state index in [9.17, 15) is 9.59 Å². The SMILES string of the molecule is Cc1cc(C)cc(OCC(=O)Nc2ccc(Oc3ccc(NC(=O)COc4cc(C)cc(C)c4)cc3)cc2)c1. The van der Waals surface area contributed by atoms with Crippen molar-refractivity contribution in [2.75, 3.05) is 23.8 Å². The number of amides is 2. The van der Waals surface area contributed by atoms with Crippen LogP contribution in [0.3, 0.4) is 0 Å². The van der Waals surface area contributed by atoms with Crippen molar-refractivity contribution in [1.82, 2.24) is 0 Å². The van der Waals surface area contributed by atoms with E-state index in [2.05, 4.69) is 10.6 Å². The number of rotatable bonds is 10. The molecule has 0 saturated heterocycles. The normalized spacial score (nSPS) is 10.5. The van der Waals surface area contributed by atoms with Gasteiger partial charge in [0.2, 0.25) is 0 Å². The van der Waals surface area contributed by atoms with Gasteiger partial charge in [0, 0.05) is 11.4 Å². The minimum absolute atomic E-state index is 0.0816. The maximum Gasteiger partial charge on any atom is 0.262 e. The zero-order chi connectivity index (χ0) is 27.8. The molecule has 4 aromatic rings. The number of hydrogen-bond acceptors (Lipinski definition) is 5. The highest BCUT2D eigenvalue weighted by atomic mass is 16.5. The first-order valence-corrected chi connectivity index (χ1v) is 12.6. The van der Waals surface area contributed by atoms with Crippen LogP contribution in [0.15, 0.2) is 84.9 Å². The summed E-state index contributed by atoms with van der Waals surface area (Å²) >= 11 is 0. The summed E-state index contributed by atoms with van der Waals surface area (Å²) in [6.45, 7) is 7.78. The lowest BCUT2D eigenvalue weighted by atomic mass is 10.1. The Morgan fingerprint density at radius 2 is 0.846 bits per heavy atom. The van der Waals surface area contributed by atoms with Crippen LogP contribution in [0.5, 0.6) is 23.0 Å². The monoisotopic (exact) mass is 524 g/mol. The zero-order valence-electron chi connectivity index (χ0n) is 22.5. The predicted octanol–water partition coefficient (Wildman–Crippen LogP) is 6.75. The van der Waals surface area contributed by atoms with Gasteiger partial charge >= 0.3 is 0 Å². The van der Waals surface area contributed by atoms with Crippen LogP contribution >= 0.6 is 0 Å². The first-order chi connectivity index (χ1) is 18.7. The molecule has 2 N–H and O–H groups in total. The molecule has 0 aliphatic carbocycles. The molecule has 0 spiro atoms. The van der Waals surface area contributed by atoms with Crippen molar-refractivity contribution in [1.29, 1.82) is 0 Å². The van der Waals surface area contributed by atoms with E-state index in [0.29, 0.717) is 34.4 Å². The molecular weight excluding hydrogens is 492 g/mol. The third-order valence-electron chi connectivity index (χ3n) is 5.64. The number of nitrogens with one attached hydrogen (secondary N) is 2. The molecule has 39 heavy (non-hydrogen) atoms. The van der Waals surface area contributed by atoms with E-state index >= 15 is 0 Å². The van der Waals surface area contributed by atoms with Gasteiger partial charge in [0.1, 0.15) is 23.0 Å². The minimum atomic E-state index is -0.250. The average Bonchev–Trinajstić information content (AvgIpc) is 2.88. The summed E-state index contributed by atoms with van der Waals surface area (Å²) in [5, 5.41) is 5.63. The average molecular weight is 525 g/mol. The zero-order valence-corrected chi connectivity index (χ0v) is 22.5. The maximum absolute atomic E-state index is 12.3. The van der Waals surface area contributed by atoms with Crippen LogP contribution in [-0.2, 0) is 9.59 Å². The van der Waals surface area contributed by atoms with Crippen molar-refractivity contribution in [3.63, 3.8) is 0 Å². The molecule has 4 aromatic carbocycles. The number of hydrogen-bond donors (Lipinski definition) is 2. The molecule has 0 aliphatic rings. The Labute approximate surface area is 228 Å². The molecule has 0 atom stereocenters. The summed E-state index contributed by atoms with van der Waals surface area (Å²) in [7, 11) is 0. The summed E-state index contributed by atoms with van der Waals surface area (Å²) in [4.78, 5) is 24.5. The molecule has 0 aromatic heterocycles. The molecule has 0 radical (unpaired) electrons. The second-order valence-corrected chi connectivity index (χ2v) is 9.47. The van der Waals surface area contributed by atoms with Gasteiger partial charge in [0.25, 0.3) is 11.8 Å². The van der Waals surface area contributed by atoms with Crippen molar-refractivity contribution >= 4 is 23.2 Å². The van der Waals surface area contributed by atoms with Crippen molar-refractivity contribution in [2.24, 2.45) is 0 Å². The number of aryl methyl sites for hydroxylation is 4. The van der Waals surface area contributed by atoms with Gasteiger partial charge in [-0.1, -0.05) is 12.1 Å². The third kappa shape index (κ3) is 8.64. The molecule has 0 bridgehead atoms. The van der Waals surface area contributed by atoms with Gasteiger partial charge in [0.15, 0.2) is 13.2 Å². The molecule has 200 valence electrons. The smallest absolute Gasteiger partial charge is 0.262 e. The highest BCUT2D eigenvalue weighted by Gasteiger charge is 2.07. The van der Waals surface area contributed by atoms with Gasteiger partial charge in [-0.05, 0) is 123 Å². The van der Waals surface area contributed by atoms with Gasteiger partial charge < -0.3 is 24.8 Å². The van der Waals surface area contributed by atoms with E-state index in [-0.39, 0.29) is 25.0 Å². The van der Waals surface area contributed by atoms with E-state index in [0.717, 1.165) is 22.3 Å². The minimum Gasteiger partial charge on any atom is -0.484 e. The molecule has 0 fully saturated rings. The van der Waals surface area contributed by atoms with E-state index in [4.69, 9.17) is 14.2 Å². The summed E-state index contributed by atoms with van der Waals surface area (Å²) in [5.74, 6) is 2.06. The lowest BCUT2D eigenvalue weighted by Crippen LogP contribution is -2.20. The largest absolute Gasteiger partial charge is 0.484 e. The van der Waals surface area contributed by atoms with E-state index in [1.165, 1.54) is 0 Å². The Hall–Kier alpha value is -4.78. The number of anilines is 2. The highest BCUT2D eigenvalue weighted by molar-refractivity contribution is 5.92. The predicted molar refractivity (Wildman–Crippen MR) is 153 cm³/mol. The fraction of sp³-hybridized carbons (Fsp3) is 0.188. The number of benzene rings is 4. The lowest BCUT2D eigenvalue weighted by Gasteiger charge is -2.11. The third-order valence-corrected chi connectivity index (χ3v) is 5.64. The highest BCUT2D eigenvalue weighted by Crippen LogP contribution is 2.25. The summed E-state index contributed by atoms with van der Waals surface area (Å²) in [5.41, 5.74) is 5.60. The first kappa shape index (κ1) is 27.3. The van der Waals surface area contributed by atoms with Crippen LogP contribution in [0, 0.1) is 27.7 Å². The topological polar surface area (TPSA) is 85.9 Å². The summed E-state index contributed by atoms with van der Waals surface area (Å²) in [6, 6.07) is 25.8. The molecule has 7 nitrogen and oxygen atoms in total. The van der Waals surface area contributed by atoms with Gasteiger partial charge in [-0.2, -0.15) is 0 Å². The second-order valence-electron chi connectivity index (χ2n) is 9.47. The summed E-state index contributed by atoms with van der Waals surface area (Å²) in [6.07, 6.45) is 0. The van der Waals surface area contributed by atoms with Crippen molar-refractivity contribution < 1.29 is 23.8 Å². The maximum atomic E-state index is 12.3. The Balaban J connectivity index is 1.22. The standard InChI is InChI=1S/C32H32N2O5/c1-21-13-22(2)16-29(15-21)37-19-31(35)33-25-5-9-27(10-6-25)39-28-11-7-26(8-12-28)34-32(36)20-38-30-17-23(3)14-24(4)18-30/h5-18H,19-20H2,1-4H3,(H,33,35)(H,34,36). The van der Waals surface area contributed by atoms with Gasteiger partial charge in [-0.25, -0.2) is 0 Å². The quantitative estimate of drug-likeness (QED) is 0.240. The van der Waals surface area contributed by atoms with Crippen molar-refractivity contribution in [2.45, 2.75) is 27.7 Å². The molecule has 2 amide bonds. The molecule has 0 heterocycles. The van der Waals surface area contributed by atoms with Gasteiger partial charge in [-0.3, -0.25) is 9.59 Å². The number of carbonyl (C=O) groups excluding carboxylic acids is 2. The molecule has 0 saturated carbocycles. The Bertz CT molecular complexity index is 1300. The van der Waals surface area contributed by atoms with E-state index in [1.54, 1.807) is 48.5 Å².